The molecule has 1 fully saturated rings. The van der Waals surface area contributed by atoms with Crippen molar-refractivity contribution in [2.24, 2.45) is 0 Å². The standard InChI is InChI=1S/C8H6Cl2O3S/c9-5-3-14(11,12)7-4-1-2-6(13-4)8(5,7)10/h1-4,6-7H/t4-,6+,7-,8-/m1/s1. The Bertz CT molecular complexity index is 467. The summed E-state index contributed by atoms with van der Waals surface area (Å²) in [6, 6.07) is 0. The van der Waals surface area contributed by atoms with Crippen LogP contribution in [0.2, 0.25) is 0 Å². The van der Waals surface area contributed by atoms with Crippen molar-refractivity contribution in [1.29, 1.82) is 0 Å². The van der Waals surface area contributed by atoms with Gasteiger partial charge in [-0.25, -0.2) is 8.42 Å². The van der Waals surface area contributed by atoms with E-state index >= 15 is 0 Å². The van der Waals surface area contributed by atoms with E-state index in [2.05, 4.69) is 0 Å². The van der Waals surface area contributed by atoms with Gasteiger partial charge in [0, 0.05) is 5.41 Å². The van der Waals surface area contributed by atoms with Crippen LogP contribution in [0, 0.1) is 0 Å². The Kier molecular flexibility index (Phi) is 1.56. The predicted octanol–water partition coefficient (Wildman–Crippen LogP) is 1.18. The van der Waals surface area contributed by atoms with Crippen LogP contribution in [0.15, 0.2) is 22.6 Å². The fraction of sp³-hybridized carbons (Fsp3) is 0.500. The first-order valence-electron chi connectivity index (χ1n) is 4.10. The SMILES string of the molecule is O=S1(=O)C=C(Cl)[C@@]2(Cl)[C@@H]3C=C[C@@H](O3)[C@H]21. The number of sulfone groups is 1. The number of rotatable bonds is 0. The van der Waals surface area contributed by atoms with E-state index in [1.54, 1.807) is 12.2 Å². The Labute approximate surface area is 91.2 Å². The molecule has 4 atom stereocenters. The van der Waals surface area contributed by atoms with Crippen LogP contribution in [-0.4, -0.2) is 30.7 Å². The Morgan fingerprint density at radius 3 is 2.79 bits per heavy atom. The topological polar surface area (TPSA) is 43.4 Å². The van der Waals surface area contributed by atoms with Crippen molar-refractivity contribution in [3.05, 3.63) is 22.6 Å². The highest BCUT2D eigenvalue weighted by atomic mass is 35.5. The Hall–Kier alpha value is -0.0300. The maximum absolute atomic E-state index is 11.7. The van der Waals surface area contributed by atoms with Gasteiger partial charge in [-0.2, -0.15) is 0 Å². The fourth-order valence-electron chi connectivity index (χ4n) is 2.29. The smallest absolute Gasteiger partial charge is 0.180 e. The number of alkyl halides is 1. The average molecular weight is 253 g/mol. The van der Waals surface area contributed by atoms with E-state index in [9.17, 15) is 8.42 Å². The molecule has 3 rings (SSSR count). The largest absolute Gasteiger partial charge is 0.363 e. The molecule has 2 bridgehead atoms. The quantitative estimate of drug-likeness (QED) is 0.481. The molecule has 14 heavy (non-hydrogen) atoms. The van der Waals surface area contributed by atoms with Crippen LogP contribution in [0.5, 0.6) is 0 Å². The molecular formula is C8H6Cl2O3S. The molecule has 0 amide bonds. The minimum atomic E-state index is -3.36. The van der Waals surface area contributed by atoms with E-state index < -0.39 is 32.2 Å². The van der Waals surface area contributed by atoms with Crippen molar-refractivity contribution in [3.63, 3.8) is 0 Å². The van der Waals surface area contributed by atoms with Crippen LogP contribution >= 0.6 is 23.2 Å². The lowest BCUT2D eigenvalue weighted by Crippen LogP contribution is -2.44. The maximum atomic E-state index is 11.7. The minimum absolute atomic E-state index is 0.168. The van der Waals surface area contributed by atoms with E-state index in [-0.39, 0.29) is 5.03 Å². The molecule has 3 aliphatic rings. The van der Waals surface area contributed by atoms with E-state index in [0.29, 0.717) is 0 Å². The van der Waals surface area contributed by atoms with Crippen LogP contribution in [-0.2, 0) is 14.6 Å². The summed E-state index contributed by atoms with van der Waals surface area (Å²) in [4.78, 5) is -1.08. The van der Waals surface area contributed by atoms with Crippen molar-refractivity contribution >= 4 is 33.0 Å². The highest BCUT2D eigenvalue weighted by Gasteiger charge is 2.66. The van der Waals surface area contributed by atoms with Crippen molar-refractivity contribution in [1.82, 2.24) is 0 Å². The fourth-order valence-corrected chi connectivity index (χ4v) is 5.59. The predicted molar refractivity (Wildman–Crippen MR) is 53.0 cm³/mol. The molecule has 0 aromatic carbocycles. The van der Waals surface area contributed by atoms with Gasteiger partial charge in [-0.3, -0.25) is 0 Å². The minimum Gasteiger partial charge on any atom is -0.363 e. The van der Waals surface area contributed by atoms with E-state index in [4.69, 9.17) is 27.9 Å². The summed E-state index contributed by atoms with van der Waals surface area (Å²) < 4.78 is 28.8. The number of ether oxygens (including phenoxy) is 1. The van der Waals surface area contributed by atoms with E-state index in [1.165, 1.54) is 0 Å². The maximum Gasteiger partial charge on any atom is 0.180 e. The molecule has 0 aromatic rings. The first-order valence-corrected chi connectivity index (χ1v) is 6.47. The van der Waals surface area contributed by atoms with Crippen LogP contribution in [0.25, 0.3) is 0 Å². The zero-order valence-electron chi connectivity index (χ0n) is 6.85. The summed E-state index contributed by atoms with van der Waals surface area (Å²) >= 11 is 12.1. The summed E-state index contributed by atoms with van der Waals surface area (Å²) in [5.74, 6) is 0. The van der Waals surface area contributed by atoms with Gasteiger partial charge in [-0.15, -0.1) is 11.6 Å². The summed E-state index contributed by atoms with van der Waals surface area (Å²) in [6.07, 6.45) is 2.64. The summed E-state index contributed by atoms with van der Waals surface area (Å²) in [5.41, 5.74) is 0. The lowest BCUT2D eigenvalue weighted by atomic mass is 9.93. The van der Waals surface area contributed by atoms with Gasteiger partial charge in [-0.1, -0.05) is 23.8 Å². The third-order valence-corrected chi connectivity index (χ3v) is 6.24. The molecule has 0 saturated carbocycles. The second-order valence-electron chi connectivity index (χ2n) is 3.65. The monoisotopic (exact) mass is 252 g/mol. The van der Waals surface area contributed by atoms with Crippen molar-refractivity contribution in [2.45, 2.75) is 22.3 Å². The molecule has 0 radical (unpaired) electrons. The van der Waals surface area contributed by atoms with Gasteiger partial charge in [0.05, 0.1) is 11.1 Å². The highest BCUT2D eigenvalue weighted by molar-refractivity contribution is 7.95. The lowest BCUT2D eigenvalue weighted by Gasteiger charge is -2.26. The molecule has 0 spiro atoms. The molecule has 0 aromatic heterocycles. The van der Waals surface area contributed by atoms with Crippen molar-refractivity contribution in [3.8, 4) is 0 Å². The first-order chi connectivity index (χ1) is 6.46. The molecule has 0 unspecified atom stereocenters. The molecule has 6 heteroatoms. The number of halogens is 2. The molecule has 0 N–H and O–H groups in total. The Morgan fingerprint density at radius 1 is 1.43 bits per heavy atom. The first kappa shape index (κ1) is 9.21. The lowest BCUT2D eigenvalue weighted by molar-refractivity contribution is 0.116. The normalized spacial score (nSPS) is 52.1. The zero-order valence-corrected chi connectivity index (χ0v) is 9.18. The second-order valence-corrected chi connectivity index (χ2v) is 6.60. The molecule has 76 valence electrons. The van der Waals surface area contributed by atoms with E-state index in [0.717, 1.165) is 5.41 Å². The molecule has 1 saturated heterocycles. The van der Waals surface area contributed by atoms with Gasteiger partial charge < -0.3 is 4.74 Å². The number of fused-ring (bicyclic) bond motifs is 5. The van der Waals surface area contributed by atoms with Crippen LogP contribution in [0.1, 0.15) is 0 Å². The van der Waals surface area contributed by atoms with Gasteiger partial charge in [0.2, 0.25) is 0 Å². The van der Waals surface area contributed by atoms with Crippen LogP contribution in [0.3, 0.4) is 0 Å². The summed E-state index contributed by atoms with van der Waals surface area (Å²) in [7, 11) is -3.36. The Morgan fingerprint density at radius 2 is 2.14 bits per heavy atom. The highest BCUT2D eigenvalue weighted by Crippen LogP contribution is 2.55. The van der Waals surface area contributed by atoms with Gasteiger partial charge in [0.1, 0.15) is 16.2 Å². The van der Waals surface area contributed by atoms with Gasteiger partial charge in [0.15, 0.2) is 9.84 Å². The number of hydrogen-bond donors (Lipinski definition) is 0. The molecule has 3 nitrogen and oxygen atoms in total. The summed E-state index contributed by atoms with van der Waals surface area (Å²) in [5, 5.41) is 0.474. The van der Waals surface area contributed by atoms with Crippen LogP contribution in [0.4, 0.5) is 0 Å². The molecule has 0 aliphatic carbocycles. The van der Waals surface area contributed by atoms with Gasteiger partial charge in [0.25, 0.3) is 0 Å². The van der Waals surface area contributed by atoms with Gasteiger partial charge >= 0.3 is 0 Å². The summed E-state index contributed by atoms with van der Waals surface area (Å²) in [6.45, 7) is 0. The second kappa shape index (κ2) is 2.38. The molecule has 3 heterocycles. The zero-order chi connectivity index (χ0) is 10.1. The third kappa shape index (κ3) is 0.818. The van der Waals surface area contributed by atoms with Crippen LogP contribution < -0.4 is 0 Å². The average Bonchev–Trinajstić information content (AvgIpc) is 2.64. The number of hydrogen-bond acceptors (Lipinski definition) is 3. The molecule has 3 aliphatic heterocycles. The van der Waals surface area contributed by atoms with Crippen molar-refractivity contribution < 1.29 is 13.2 Å². The molecular weight excluding hydrogens is 247 g/mol. The van der Waals surface area contributed by atoms with Crippen molar-refractivity contribution in [2.75, 3.05) is 0 Å². The third-order valence-electron chi connectivity index (χ3n) is 2.89. The van der Waals surface area contributed by atoms with E-state index in [1.807, 2.05) is 0 Å². The van der Waals surface area contributed by atoms with Gasteiger partial charge in [-0.05, 0) is 0 Å². The Balaban J connectivity index is 2.27.